The van der Waals surface area contributed by atoms with E-state index in [1.165, 1.54) is 11.1 Å². The Morgan fingerprint density at radius 1 is 0.879 bits per heavy atom. The number of nitrogens with two attached hydrogens (primary N) is 1. The zero-order valence-corrected chi connectivity index (χ0v) is 19.6. The molecule has 0 atom stereocenters. The number of carbonyl (C=O) groups excluding carboxylic acids is 1. The van der Waals surface area contributed by atoms with Crippen molar-refractivity contribution in [3.63, 3.8) is 0 Å². The van der Waals surface area contributed by atoms with Crippen LogP contribution in [-0.4, -0.2) is 10.5 Å². The lowest BCUT2D eigenvalue weighted by Crippen LogP contribution is -2.11. The van der Waals surface area contributed by atoms with Gasteiger partial charge in [0.25, 0.3) is 0 Å². The average molecular weight is 473 g/mol. The Balaban J connectivity index is 1.77. The van der Waals surface area contributed by atoms with E-state index in [0.717, 1.165) is 39.4 Å². The van der Waals surface area contributed by atoms with Gasteiger partial charge in [0, 0.05) is 38.5 Å². The lowest BCUT2D eigenvalue weighted by Gasteiger charge is -2.10. The summed E-state index contributed by atoms with van der Waals surface area (Å²) in [7, 11) is 0. The maximum Gasteiger partial charge on any atom is 0.249 e. The van der Waals surface area contributed by atoms with E-state index in [-0.39, 0.29) is 0 Å². The van der Waals surface area contributed by atoms with E-state index >= 15 is 0 Å². The molecule has 4 aromatic carbocycles. The number of benzene rings is 4. The fraction of sp³-hybridized carbons (Fsp3) is 0.107. The van der Waals surface area contributed by atoms with E-state index in [4.69, 9.17) is 28.9 Å². The molecule has 0 fully saturated rings. The lowest BCUT2D eigenvalue weighted by molar-refractivity contribution is 0.100. The molecule has 164 valence electrons. The number of nitrogens with zero attached hydrogens (tertiary/aromatic N) is 1. The van der Waals surface area contributed by atoms with Crippen molar-refractivity contribution in [3.8, 4) is 11.1 Å². The van der Waals surface area contributed by atoms with Gasteiger partial charge < -0.3 is 10.3 Å². The number of amides is 1. The van der Waals surface area contributed by atoms with Gasteiger partial charge in [-0.2, -0.15) is 0 Å². The Hall–Kier alpha value is -3.27. The van der Waals surface area contributed by atoms with Crippen molar-refractivity contribution in [3.05, 3.63) is 106 Å². The van der Waals surface area contributed by atoms with Crippen LogP contribution in [0.5, 0.6) is 0 Å². The first-order valence-electron chi connectivity index (χ1n) is 10.8. The molecule has 1 amide bonds. The Morgan fingerprint density at radius 2 is 1.64 bits per heavy atom. The van der Waals surface area contributed by atoms with Gasteiger partial charge in [-0.1, -0.05) is 78.7 Å². The van der Waals surface area contributed by atoms with E-state index in [2.05, 4.69) is 41.8 Å². The molecular weight excluding hydrogens is 451 g/mol. The number of hydrogen-bond acceptors (Lipinski definition) is 1. The number of fused-ring (bicyclic) bond motifs is 3. The van der Waals surface area contributed by atoms with Gasteiger partial charge in [0.15, 0.2) is 0 Å². The van der Waals surface area contributed by atoms with Gasteiger partial charge in [0.05, 0.1) is 11.0 Å². The molecule has 5 rings (SSSR count). The highest BCUT2D eigenvalue weighted by atomic mass is 35.5. The van der Waals surface area contributed by atoms with Crippen molar-refractivity contribution < 1.29 is 4.79 Å². The van der Waals surface area contributed by atoms with Crippen LogP contribution in [0.15, 0.2) is 78.9 Å². The van der Waals surface area contributed by atoms with Crippen LogP contribution in [0, 0.1) is 0 Å². The van der Waals surface area contributed by atoms with Crippen LogP contribution < -0.4 is 5.73 Å². The Bertz CT molecular complexity index is 1520. The molecule has 0 aliphatic rings. The number of hydrogen-bond donors (Lipinski definition) is 1. The predicted molar refractivity (Wildman–Crippen MR) is 138 cm³/mol. The van der Waals surface area contributed by atoms with E-state index < -0.39 is 5.91 Å². The van der Waals surface area contributed by atoms with Crippen LogP contribution >= 0.6 is 23.2 Å². The second-order valence-corrected chi connectivity index (χ2v) is 9.02. The molecule has 0 spiro atoms. The van der Waals surface area contributed by atoms with Gasteiger partial charge in [0.1, 0.15) is 0 Å². The van der Waals surface area contributed by atoms with Crippen molar-refractivity contribution in [2.75, 3.05) is 0 Å². The van der Waals surface area contributed by atoms with E-state index in [1.807, 2.05) is 36.4 Å². The number of halogens is 2. The second kappa shape index (κ2) is 8.58. The molecule has 0 radical (unpaired) electrons. The van der Waals surface area contributed by atoms with Gasteiger partial charge in [-0.3, -0.25) is 4.79 Å². The fourth-order valence-electron chi connectivity index (χ4n) is 4.47. The highest BCUT2D eigenvalue weighted by molar-refractivity contribution is 6.36. The number of primary amides is 1. The molecule has 5 heteroatoms. The number of rotatable bonds is 5. The third kappa shape index (κ3) is 3.88. The van der Waals surface area contributed by atoms with E-state index in [0.29, 0.717) is 22.2 Å². The molecule has 0 saturated heterocycles. The van der Waals surface area contributed by atoms with Gasteiger partial charge in [-0.05, 0) is 53.4 Å². The van der Waals surface area contributed by atoms with E-state index in [9.17, 15) is 4.79 Å². The van der Waals surface area contributed by atoms with Crippen molar-refractivity contribution in [1.29, 1.82) is 0 Å². The monoisotopic (exact) mass is 472 g/mol. The predicted octanol–water partition coefficient (Wildman–Crippen LogP) is 7.48. The first-order valence-corrected chi connectivity index (χ1v) is 11.6. The third-order valence-corrected chi connectivity index (χ3v) is 6.72. The molecular formula is C28H22Cl2N2O. The minimum Gasteiger partial charge on any atom is -0.366 e. The zero-order chi connectivity index (χ0) is 23.1. The summed E-state index contributed by atoms with van der Waals surface area (Å²) in [5, 5.41) is 3.05. The van der Waals surface area contributed by atoms with Crippen LogP contribution in [0.3, 0.4) is 0 Å². The van der Waals surface area contributed by atoms with Gasteiger partial charge >= 0.3 is 0 Å². The molecule has 1 heterocycles. The Morgan fingerprint density at radius 3 is 2.33 bits per heavy atom. The molecule has 1 aromatic heterocycles. The van der Waals surface area contributed by atoms with Crippen molar-refractivity contribution >= 4 is 50.9 Å². The number of aryl methyl sites for hydroxylation is 1. The maximum atomic E-state index is 12.2. The normalized spacial score (nSPS) is 11.4. The smallest absolute Gasteiger partial charge is 0.249 e. The molecule has 0 aliphatic carbocycles. The average Bonchev–Trinajstić information content (AvgIpc) is 3.12. The van der Waals surface area contributed by atoms with Crippen molar-refractivity contribution in [1.82, 2.24) is 4.57 Å². The minimum absolute atomic E-state index is 0.434. The maximum absolute atomic E-state index is 12.2. The summed E-state index contributed by atoms with van der Waals surface area (Å²) in [6.07, 6.45) is 1.00. The Labute approximate surface area is 202 Å². The zero-order valence-electron chi connectivity index (χ0n) is 18.1. The van der Waals surface area contributed by atoms with Crippen molar-refractivity contribution in [2.24, 2.45) is 5.73 Å². The topological polar surface area (TPSA) is 48.0 Å². The first-order chi connectivity index (χ1) is 16.0. The minimum atomic E-state index is -0.434. The van der Waals surface area contributed by atoms with Gasteiger partial charge in [-0.15, -0.1) is 0 Å². The Kier molecular flexibility index (Phi) is 5.61. The summed E-state index contributed by atoms with van der Waals surface area (Å²) >= 11 is 12.6. The van der Waals surface area contributed by atoms with E-state index in [1.54, 1.807) is 12.1 Å². The summed E-state index contributed by atoms with van der Waals surface area (Å²) in [4.78, 5) is 12.2. The summed E-state index contributed by atoms with van der Waals surface area (Å²) in [6.45, 7) is 2.82. The molecule has 0 saturated carbocycles. The molecule has 0 aliphatic heterocycles. The third-order valence-electron chi connectivity index (χ3n) is 6.17. The second-order valence-electron chi connectivity index (χ2n) is 8.18. The quantitative estimate of drug-likeness (QED) is 0.283. The summed E-state index contributed by atoms with van der Waals surface area (Å²) in [6, 6.07) is 26.1. The van der Waals surface area contributed by atoms with Gasteiger partial charge in [0.2, 0.25) is 5.91 Å². The molecule has 0 unspecified atom stereocenters. The molecule has 3 nitrogen and oxygen atoms in total. The SMILES string of the molecule is CCc1ccc(Cn2c3cc(-c4ccc(Cl)cc4Cl)ccc3c3c(C(N)=O)cccc32)cc1. The number of aromatic nitrogens is 1. The highest BCUT2D eigenvalue weighted by Gasteiger charge is 2.18. The molecule has 2 N–H and O–H groups in total. The highest BCUT2D eigenvalue weighted by Crippen LogP contribution is 2.37. The molecule has 0 bridgehead atoms. The van der Waals surface area contributed by atoms with Crippen molar-refractivity contribution in [2.45, 2.75) is 19.9 Å². The van der Waals surface area contributed by atoms with Crippen LogP contribution in [0.4, 0.5) is 0 Å². The number of carbonyl (C=O) groups is 1. The summed E-state index contributed by atoms with van der Waals surface area (Å²) < 4.78 is 2.24. The first kappa shape index (κ1) is 21.6. The molecule has 33 heavy (non-hydrogen) atoms. The van der Waals surface area contributed by atoms with Crippen LogP contribution in [0.2, 0.25) is 10.0 Å². The fourth-order valence-corrected chi connectivity index (χ4v) is 4.99. The lowest BCUT2D eigenvalue weighted by atomic mass is 10.0. The largest absolute Gasteiger partial charge is 0.366 e. The standard InChI is InChI=1S/C28H22Cl2N2O/c1-2-17-6-8-18(9-7-17)16-32-25-5-3-4-23(28(31)33)27(25)22-12-10-19(14-26(22)32)21-13-11-20(29)15-24(21)30/h3-15H,2,16H2,1H3,(H2,31,33). The van der Waals surface area contributed by atoms with Gasteiger partial charge in [-0.25, -0.2) is 0 Å². The summed E-state index contributed by atoms with van der Waals surface area (Å²) in [5.74, 6) is -0.434. The summed E-state index contributed by atoms with van der Waals surface area (Å²) in [5.41, 5.74) is 12.6. The van der Waals surface area contributed by atoms with Crippen LogP contribution in [0.1, 0.15) is 28.4 Å². The van der Waals surface area contributed by atoms with Crippen LogP contribution in [-0.2, 0) is 13.0 Å². The van der Waals surface area contributed by atoms with Crippen LogP contribution in [0.25, 0.3) is 32.9 Å². The molecule has 5 aromatic rings.